The van der Waals surface area contributed by atoms with E-state index in [1.54, 1.807) is 50.9 Å². The summed E-state index contributed by atoms with van der Waals surface area (Å²) < 4.78 is 12.5. The molecule has 0 aliphatic rings. The fraction of sp³-hybridized carbons (Fsp3) is 0.351. The first-order chi connectivity index (χ1) is 24.3. The van der Waals surface area contributed by atoms with E-state index in [0.717, 1.165) is 23.1 Å². The fourth-order valence-electron chi connectivity index (χ4n) is 5.01. The van der Waals surface area contributed by atoms with Crippen molar-refractivity contribution in [3.05, 3.63) is 87.3 Å². The molecule has 0 fully saturated rings. The molecule has 51 heavy (non-hydrogen) atoms. The number of aryl methyl sites for hydroxylation is 2. The van der Waals surface area contributed by atoms with Crippen molar-refractivity contribution in [2.75, 3.05) is 39.2 Å². The number of nitrogens with zero attached hydrogens (tertiary/aromatic N) is 4. The number of anilines is 1. The van der Waals surface area contributed by atoms with Crippen LogP contribution in [0.4, 0.5) is 5.69 Å². The van der Waals surface area contributed by atoms with Gasteiger partial charge in [0.25, 0.3) is 5.91 Å². The van der Waals surface area contributed by atoms with Crippen molar-refractivity contribution in [1.29, 1.82) is 0 Å². The molecule has 0 radical (unpaired) electrons. The van der Waals surface area contributed by atoms with Gasteiger partial charge in [-0.15, -0.1) is 0 Å². The number of nitrogens with one attached hydrogen (secondary N) is 3. The molecule has 2 aromatic heterocycles. The minimum Gasteiger partial charge on any atom is -0.493 e. The van der Waals surface area contributed by atoms with Gasteiger partial charge in [0.2, 0.25) is 11.8 Å². The predicted molar refractivity (Wildman–Crippen MR) is 201 cm³/mol. The van der Waals surface area contributed by atoms with Crippen molar-refractivity contribution in [2.24, 2.45) is 4.99 Å². The fourth-order valence-corrected chi connectivity index (χ4v) is 5.62. The van der Waals surface area contributed by atoms with Crippen LogP contribution in [0.15, 0.2) is 59.7 Å². The molecule has 12 nitrogen and oxygen atoms in total. The topological polar surface area (TPSA) is 147 Å². The van der Waals surface area contributed by atoms with Gasteiger partial charge in [-0.1, -0.05) is 35.3 Å². The van der Waals surface area contributed by atoms with Crippen molar-refractivity contribution < 1.29 is 23.9 Å². The van der Waals surface area contributed by atoms with Crippen LogP contribution in [-0.4, -0.2) is 73.9 Å². The summed E-state index contributed by atoms with van der Waals surface area (Å²) in [4.78, 5) is 51.5. The monoisotopic (exact) mass is 735 g/mol. The number of para-hydroxylation sites is 1. The van der Waals surface area contributed by atoms with Crippen LogP contribution in [0.2, 0.25) is 10.0 Å². The van der Waals surface area contributed by atoms with Gasteiger partial charge in [-0.05, 0) is 63.1 Å². The van der Waals surface area contributed by atoms with E-state index in [1.165, 1.54) is 11.9 Å². The standard InChI is InChI=1S/C37H43Cl2N7O5/c1-23-18-31(50-17-16-37(2,3)44-22-40-4)25-8-7-9-30(35(25)45-23)51-21-26-27(38)12-14-29(34(26)39)46(6)33(48)20-43-32(47)15-11-24-10-13-28(42-19-24)36(49)41-5/h7-10,12-14,18-19,22H,11,15-17,20-21H2,1-6H3,(H,40,44)(H,41,49)(H,43,47). The molecule has 0 bridgehead atoms. The number of carbonyl (C=O) groups excluding carboxylic acids is 3. The zero-order valence-corrected chi connectivity index (χ0v) is 31.1. The summed E-state index contributed by atoms with van der Waals surface area (Å²) in [5.41, 5.74) is 3.17. The molecule has 3 amide bonds. The normalized spacial score (nSPS) is 11.4. The Hall–Kier alpha value is -4.94. The number of pyridine rings is 2. The average Bonchev–Trinajstić information content (AvgIpc) is 3.11. The van der Waals surface area contributed by atoms with Crippen LogP contribution in [0.3, 0.4) is 0 Å². The van der Waals surface area contributed by atoms with Crippen LogP contribution in [-0.2, 0) is 22.6 Å². The SMILES string of the molecule is CN=CNC(C)(C)CCOc1cc(C)nc2c(OCc3c(Cl)ccc(N(C)C(=O)CNC(=O)CCc4ccc(C(=O)NC)nc4)c3Cl)cccc12. The summed E-state index contributed by atoms with van der Waals surface area (Å²) in [6.45, 7) is 6.30. The number of amides is 3. The molecular formula is C37H43Cl2N7O5. The highest BCUT2D eigenvalue weighted by atomic mass is 35.5. The van der Waals surface area contributed by atoms with Gasteiger partial charge >= 0.3 is 0 Å². The Labute approximate surface area is 307 Å². The van der Waals surface area contributed by atoms with Crippen molar-refractivity contribution in [1.82, 2.24) is 25.9 Å². The summed E-state index contributed by atoms with van der Waals surface area (Å²) in [6.07, 6.45) is 4.51. The second-order valence-electron chi connectivity index (χ2n) is 12.4. The first-order valence-corrected chi connectivity index (χ1v) is 17.1. The third-order valence-corrected chi connectivity index (χ3v) is 8.87. The second-order valence-corrected chi connectivity index (χ2v) is 13.2. The van der Waals surface area contributed by atoms with E-state index < -0.39 is 0 Å². The number of halogens is 2. The van der Waals surface area contributed by atoms with Crippen LogP contribution in [0.25, 0.3) is 10.9 Å². The van der Waals surface area contributed by atoms with Gasteiger partial charge in [0.05, 0.1) is 30.2 Å². The number of hydrogen-bond acceptors (Lipinski definition) is 8. The quantitative estimate of drug-likeness (QED) is 0.0983. The Morgan fingerprint density at radius 3 is 2.55 bits per heavy atom. The van der Waals surface area contributed by atoms with Crippen LogP contribution >= 0.6 is 23.2 Å². The van der Waals surface area contributed by atoms with Gasteiger partial charge < -0.3 is 30.3 Å². The lowest BCUT2D eigenvalue weighted by Gasteiger charge is -2.25. The van der Waals surface area contributed by atoms with Crippen LogP contribution in [0.5, 0.6) is 11.5 Å². The minimum absolute atomic E-state index is 0.00694. The summed E-state index contributed by atoms with van der Waals surface area (Å²) in [6, 6.07) is 14.1. The first kappa shape index (κ1) is 38.9. The summed E-state index contributed by atoms with van der Waals surface area (Å²) in [7, 11) is 4.82. The Morgan fingerprint density at radius 1 is 1.06 bits per heavy atom. The number of benzene rings is 2. The highest BCUT2D eigenvalue weighted by Crippen LogP contribution is 2.36. The molecule has 0 aliphatic carbocycles. The number of carbonyl (C=O) groups is 3. The summed E-state index contributed by atoms with van der Waals surface area (Å²) in [5, 5.41) is 9.84. The molecule has 0 spiro atoms. The molecule has 0 unspecified atom stereocenters. The maximum absolute atomic E-state index is 13.1. The smallest absolute Gasteiger partial charge is 0.269 e. The largest absolute Gasteiger partial charge is 0.493 e. The van der Waals surface area contributed by atoms with Gasteiger partial charge in [-0.25, -0.2) is 4.98 Å². The third kappa shape index (κ3) is 10.5. The molecule has 0 atom stereocenters. The molecule has 2 heterocycles. The first-order valence-electron chi connectivity index (χ1n) is 16.3. The van der Waals surface area contributed by atoms with Crippen molar-refractivity contribution in [3.63, 3.8) is 0 Å². The van der Waals surface area contributed by atoms with E-state index in [9.17, 15) is 14.4 Å². The van der Waals surface area contributed by atoms with Gasteiger partial charge in [0, 0.05) is 73.5 Å². The lowest BCUT2D eigenvalue weighted by Crippen LogP contribution is -2.39. The van der Waals surface area contributed by atoms with E-state index >= 15 is 0 Å². The highest BCUT2D eigenvalue weighted by Gasteiger charge is 2.21. The van der Waals surface area contributed by atoms with Crippen LogP contribution < -0.4 is 30.3 Å². The summed E-state index contributed by atoms with van der Waals surface area (Å²) in [5.74, 6) is 0.239. The molecule has 4 aromatic rings. The lowest BCUT2D eigenvalue weighted by atomic mass is 10.0. The Morgan fingerprint density at radius 2 is 1.84 bits per heavy atom. The molecular weight excluding hydrogens is 693 g/mol. The number of ether oxygens (including phenoxy) is 2. The van der Waals surface area contributed by atoms with E-state index in [-0.39, 0.29) is 53.5 Å². The van der Waals surface area contributed by atoms with Gasteiger partial charge in [0.15, 0.2) is 0 Å². The van der Waals surface area contributed by atoms with E-state index in [4.69, 9.17) is 37.7 Å². The number of rotatable bonds is 16. The maximum Gasteiger partial charge on any atom is 0.269 e. The Balaban J connectivity index is 1.39. The molecule has 2 aromatic carbocycles. The van der Waals surface area contributed by atoms with Crippen LogP contribution in [0, 0.1) is 6.92 Å². The molecule has 3 N–H and O–H groups in total. The van der Waals surface area contributed by atoms with Gasteiger partial charge in [-0.3, -0.25) is 24.4 Å². The molecule has 0 saturated heterocycles. The van der Waals surface area contributed by atoms with E-state index in [2.05, 4.69) is 39.8 Å². The average molecular weight is 737 g/mol. The Bertz CT molecular complexity index is 1900. The number of hydrogen-bond donors (Lipinski definition) is 3. The molecule has 0 saturated carbocycles. The van der Waals surface area contributed by atoms with Gasteiger partial charge in [-0.2, -0.15) is 0 Å². The highest BCUT2D eigenvalue weighted by molar-refractivity contribution is 6.38. The number of fused-ring (bicyclic) bond motifs is 1. The van der Waals surface area contributed by atoms with E-state index in [1.807, 2.05) is 31.2 Å². The molecule has 4 rings (SSSR count). The lowest BCUT2D eigenvalue weighted by molar-refractivity contribution is -0.124. The number of likely N-dealkylation sites (N-methyl/N-ethyl adjacent to an activating group) is 1. The molecule has 14 heteroatoms. The number of aromatic nitrogens is 2. The number of aliphatic imine (C=N–C) groups is 1. The van der Waals surface area contributed by atoms with E-state index in [0.29, 0.717) is 46.3 Å². The second kappa shape index (κ2) is 17.8. The van der Waals surface area contributed by atoms with Crippen molar-refractivity contribution >= 4 is 63.9 Å². The molecule has 0 aliphatic heterocycles. The predicted octanol–water partition coefficient (Wildman–Crippen LogP) is 5.69. The van der Waals surface area contributed by atoms with Gasteiger partial charge in [0.1, 0.15) is 29.3 Å². The third-order valence-electron chi connectivity index (χ3n) is 8.10. The minimum atomic E-state index is -0.380. The van der Waals surface area contributed by atoms with Crippen LogP contribution in [0.1, 0.15) is 54.0 Å². The Kier molecular flexibility index (Phi) is 13.6. The zero-order chi connectivity index (χ0) is 37.1. The molecule has 270 valence electrons. The van der Waals surface area contributed by atoms with Crippen molar-refractivity contribution in [3.8, 4) is 11.5 Å². The zero-order valence-electron chi connectivity index (χ0n) is 29.6. The maximum atomic E-state index is 13.1. The summed E-state index contributed by atoms with van der Waals surface area (Å²) >= 11 is 13.4. The van der Waals surface area contributed by atoms with Crippen molar-refractivity contribution in [2.45, 2.75) is 52.2 Å².